The van der Waals surface area contributed by atoms with E-state index in [1.807, 2.05) is 36.4 Å². The van der Waals surface area contributed by atoms with Crippen LogP contribution in [0.4, 0.5) is 17.7 Å². The molecule has 3 aromatic rings. The van der Waals surface area contributed by atoms with Crippen LogP contribution in [-0.4, -0.2) is 46.1 Å². The van der Waals surface area contributed by atoms with Gasteiger partial charge in [0.25, 0.3) is 0 Å². The molecule has 8 heteroatoms. The third kappa shape index (κ3) is 4.25. The summed E-state index contributed by atoms with van der Waals surface area (Å²) in [7, 11) is 0. The van der Waals surface area contributed by atoms with Gasteiger partial charge in [0, 0.05) is 56.3 Å². The summed E-state index contributed by atoms with van der Waals surface area (Å²) in [5.74, 6) is 2.29. The van der Waals surface area contributed by atoms with Crippen molar-refractivity contribution >= 4 is 29.3 Å². The van der Waals surface area contributed by atoms with Gasteiger partial charge in [-0.3, -0.25) is 0 Å². The fourth-order valence-corrected chi connectivity index (χ4v) is 3.19. The number of piperazine rings is 1. The van der Waals surface area contributed by atoms with E-state index in [2.05, 4.69) is 35.1 Å². The molecule has 138 valence electrons. The van der Waals surface area contributed by atoms with Crippen LogP contribution in [0.25, 0.3) is 0 Å². The zero-order valence-corrected chi connectivity index (χ0v) is 15.5. The smallest absolute Gasteiger partial charge is 0.227 e. The molecule has 0 atom stereocenters. The minimum absolute atomic E-state index is 0.620. The first kappa shape index (κ1) is 17.5. The van der Waals surface area contributed by atoms with E-state index in [1.165, 1.54) is 0 Å². The van der Waals surface area contributed by atoms with E-state index in [1.54, 1.807) is 18.6 Å². The Hall–Kier alpha value is -2.93. The Morgan fingerprint density at radius 3 is 2.22 bits per heavy atom. The molecular weight excluding hydrogens is 362 g/mol. The van der Waals surface area contributed by atoms with E-state index in [-0.39, 0.29) is 0 Å². The lowest BCUT2D eigenvalue weighted by Gasteiger charge is -2.34. The summed E-state index contributed by atoms with van der Waals surface area (Å²) in [6.07, 6.45) is 5.32. The largest absolute Gasteiger partial charge is 0.366 e. The first-order valence-electron chi connectivity index (χ1n) is 8.87. The Morgan fingerprint density at radius 2 is 1.48 bits per heavy atom. The third-order valence-electron chi connectivity index (χ3n) is 4.46. The van der Waals surface area contributed by atoms with Crippen molar-refractivity contribution in [2.75, 3.05) is 41.3 Å². The molecule has 0 unspecified atom stereocenters. The van der Waals surface area contributed by atoms with Crippen LogP contribution in [0.3, 0.4) is 0 Å². The van der Waals surface area contributed by atoms with Crippen LogP contribution in [0, 0.1) is 0 Å². The van der Waals surface area contributed by atoms with Crippen LogP contribution >= 0.6 is 11.6 Å². The SMILES string of the molecule is Clc1ccccc1CNc1ccnc(N2CCN(c3ncccn3)CC2)n1. The molecule has 0 radical (unpaired) electrons. The van der Waals surface area contributed by atoms with Gasteiger partial charge in [0.2, 0.25) is 11.9 Å². The fraction of sp³-hybridized carbons (Fsp3) is 0.263. The number of hydrogen-bond acceptors (Lipinski definition) is 7. The van der Waals surface area contributed by atoms with Crippen molar-refractivity contribution in [2.24, 2.45) is 0 Å². The van der Waals surface area contributed by atoms with Gasteiger partial charge < -0.3 is 15.1 Å². The number of nitrogens with one attached hydrogen (secondary N) is 1. The molecule has 0 amide bonds. The zero-order valence-electron chi connectivity index (χ0n) is 14.8. The average Bonchev–Trinajstić information content (AvgIpc) is 2.74. The van der Waals surface area contributed by atoms with Crippen LogP contribution in [0.5, 0.6) is 0 Å². The highest BCUT2D eigenvalue weighted by Crippen LogP contribution is 2.18. The third-order valence-corrected chi connectivity index (χ3v) is 4.83. The maximum Gasteiger partial charge on any atom is 0.227 e. The topological polar surface area (TPSA) is 70.1 Å². The van der Waals surface area contributed by atoms with Gasteiger partial charge in [0.05, 0.1) is 0 Å². The number of benzene rings is 1. The number of anilines is 3. The first-order chi connectivity index (χ1) is 13.3. The number of rotatable bonds is 5. The molecule has 1 N–H and O–H groups in total. The van der Waals surface area contributed by atoms with Gasteiger partial charge in [-0.05, 0) is 23.8 Å². The van der Waals surface area contributed by atoms with E-state index in [0.29, 0.717) is 6.54 Å². The molecule has 2 aromatic heterocycles. The second-order valence-corrected chi connectivity index (χ2v) is 6.62. The van der Waals surface area contributed by atoms with Crippen molar-refractivity contribution in [1.29, 1.82) is 0 Å². The van der Waals surface area contributed by atoms with Crippen LogP contribution in [0.1, 0.15) is 5.56 Å². The molecule has 1 aromatic carbocycles. The van der Waals surface area contributed by atoms with E-state index in [4.69, 9.17) is 11.6 Å². The highest BCUT2D eigenvalue weighted by atomic mass is 35.5. The van der Waals surface area contributed by atoms with Gasteiger partial charge in [-0.2, -0.15) is 4.98 Å². The summed E-state index contributed by atoms with van der Waals surface area (Å²) >= 11 is 6.21. The maximum atomic E-state index is 6.21. The van der Waals surface area contributed by atoms with Crippen molar-refractivity contribution in [3.05, 3.63) is 65.6 Å². The second kappa shape index (κ2) is 8.18. The summed E-state index contributed by atoms with van der Waals surface area (Å²) in [4.78, 5) is 22.1. The quantitative estimate of drug-likeness (QED) is 0.728. The first-order valence-corrected chi connectivity index (χ1v) is 9.24. The molecule has 1 aliphatic rings. The lowest BCUT2D eigenvalue weighted by atomic mass is 10.2. The minimum Gasteiger partial charge on any atom is -0.366 e. The van der Waals surface area contributed by atoms with E-state index < -0.39 is 0 Å². The Kier molecular flexibility index (Phi) is 5.29. The Morgan fingerprint density at radius 1 is 0.815 bits per heavy atom. The Balaban J connectivity index is 1.37. The molecule has 1 fully saturated rings. The van der Waals surface area contributed by atoms with Crippen molar-refractivity contribution in [1.82, 2.24) is 19.9 Å². The van der Waals surface area contributed by atoms with Gasteiger partial charge in [0.15, 0.2) is 0 Å². The Bertz CT molecular complexity index is 882. The number of halogens is 1. The summed E-state index contributed by atoms with van der Waals surface area (Å²) in [5, 5.41) is 4.07. The highest BCUT2D eigenvalue weighted by molar-refractivity contribution is 6.31. The molecule has 27 heavy (non-hydrogen) atoms. The van der Waals surface area contributed by atoms with Crippen molar-refractivity contribution in [2.45, 2.75) is 6.54 Å². The lowest BCUT2D eigenvalue weighted by molar-refractivity contribution is 0.628. The predicted molar refractivity (Wildman–Crippen MR) is 107 cm³/mol. The Labute approximate surface area is 163 Å². The van der Waals surface area contributed by atoms with Gasteiger partial charge in [0.1, 0.15) is 5.82 Å². The van der Waals surface area contributed by atoms with Crippen molar-refractivity contribution in [3.8, 4) is 0 Å². The van der Waals surface area contributed by atoms with Gasteiger partial charge in [-0.1, -0.05) is 29.8 Å². The van der Waals surface area contributed by atoms with E-state index in [9.17, 15) is 0 Å². The van der Waals surface area contributed by atoms with Crippen LogP contribution in [0.15, 0.2) is 55.0 Å². The molecule has 1 saturated heterocycles. The van der Waals surface area contributed by atoms with Gasteiger partial charge >= 0.3 is 0 Å². The molecule has 0 saturated carbocycles. The standard InChI is InChI=1S/C19H20ClN7/c20-16-5-2-1-4-15(16)14-24-17-6-9-23-19(25-17)27-12-10-26(11-13-27)18-21-7-3-8-22-18/h1-9H,10-14H2,(H,23,24,25). The lowest BCUT2D eigenvalue weighted by Crippen LogP contribution is -2.47. The number of aromatic nitrogens is 4. The normalized spacial score (nSPS) is 14.3. The molecule has 3 heterocycles. The second-order valence-electron chi connectivity index (χ2n) is 6.21. The van der Waals surface area contributed by atoms with Crippen molar-refractivity contribution in [3.63, 3.8) is 0 Å². The summed E-state index contributed by atoms with van der Waals surface area (Å²) < 4.78 is 0. The van der Waals surface area contributed by atoms with Gasteiger partial charge in [-0.25, -0.2) is 15.0 Å². The van der Waals surface area contributed by atoms with Gasteiger partial charge in [-0.15, -0.1) is 0 Å². The van der Waals surface area contributed by atoms with Crippen LogP contribution in [0.2, 0.25) is 5.02 Å². The number of hydrogen-bond donors (Lipinski definition) is 1. The molecule has 7 nitrogen and oxygen atoms in total. The van der Waals surface area contributed by atoms with E-state index in [0.717, 1.165) is 54.5 Å². The summed E-state index contributed by atoms with van der Waals surface area (Å²) in [6.45, 7) is 3.95. The summed E-state index contributed by atoms with van der Waals surface area (Å²) in [6, 6.07) is 11.5. The predicted octanol–water partition coefficient (Wildman–Crippen LogP) is 2.86. The number of nitrogens with zero attached hydrogens (tertiary/aromatic N) is 6. The molecule has 0 spiro atoms. The maximum absolute atomic E-state index is 6.21. The molecule has 1 aliphatic heterocycles. The fourth-order valence-electron chi connectivity index (χ4n) is 2.99. The van der Waals surface area contributed by atoms with Crippen LogP contribution in [-0.2, 0) is 6.54 Å². The average molecular weight is 382 g/mol. The molecule has 0 bridgehead atoms. The van der Waals surface area contributed by atoms with Crippen LogP contribution < -0.4 is 15.1 Å². The summed E-state index contributed by atoms with van der Waals surface area (Å²) in [5.41, 5.74) is 1.04. The molecular formula is C19H20ClN7. The van der Waals surface area contributed by atoms with E-state index >= 15 is 0 Å². The van der Waals surface area contributed by atoms with Crippen molar-refractivity contribution < 1.29 is 0 Å². The molecule has 0 aliphatic carbocycles. The highest BCUT2D eigenvalue weighted by Gasteiger charge is 2.20. The monoisotopic (exact) mass is 381 g/mol. The molecule has 4 rings (SSSR count). The zero-order chi connectivity index (χ0) is 18.5. The minimum atomic E-state index is 0.620.